The molecular formula is C13H14N2OS. The molecule has 0 saturated carbocycles. The number of hydrogen-bond donors (Lipinski definition) is 0. The van der Waals surface area contributed by atoms with E-state index in [0.717, 1.165) is 10.7 Å². The van der Waals surface area contributed by atoms with Crippen molar-refractivity contribution in [3.05, 3.63) is 46.9 Å². The van der Waals surface area contributed by atoms with E-state index in [2.05, 4.69) is 4.98 Å². The Morgan fingerprint density at radius 3 is 2.76 bits per heavy atom. The van der Waals surface area contributed by atoms with Crippen LogP contribution in [0.4, 0.5) is 5.69 Å². The summed E-state index contributed by atoms with van der Waals surface area (Å²) in [5, 5.41) is 2.94. The van der Waals surface area contributed by atoms with Crippen LogP contribution < -0.4 is 4.90 Å². The molecule has 0 aliphatic carbocycles. The molecule has 0 atom stereocenters. The van der Waals surface area contributed by atoms with Crippen molar-refractivity contribution in [2.45, 2.75) is 12.8 Å². The van der Waals surface area contributed by atoms with E-state index in [1.807, 2.05) is 35.7 Å². The van der Waals surface area contributed by atoms with Gasteiger partial charge in [0.1, 0.15) is 0 Å². The highest BCUT2D eigenvalue weighted by Gasteiger charge is 2.10. The smallest absolute Gasteiger partial charge is 0.227 e. The van der Waals surface area contributed by atoms with Gasteiger partial charge in [0.2, 0.25) is 5.91 Å². The summed E-state index contributed by atoms with van der Waals surface area (Å²) >= 11 is 1.59. The maximum Gasteiger partial charge on any atom is 0.227 e. The number of carbonyl (C=O) groups excluding carboxylic acids is 1. The second-order valence-electron chi connectivity index (χ2n) is 3.71. The van der Waals surface area contributed by atoms with Crippen molar-refractivity contribution in [1.82, 2.24) is 4.98 Å². The summed E-state index contributed by atoms with van der Waals surface area (Å²) in [4.78, 5) is 17.8. The van der Waals surface area contributed by atoms with Gasteiger partial charge in [0.05, 0.1) is 5.01 Å². The highest BCUT2D eigenvalue weighted by atomic mass is 32.1. The molecular weight excluding hydrogens is 232 g/mol. The lowest BCUT2D eigenvalue weighted by atomic mass is 10.2. The molecule has 0 radical (unpaired) electrons. The monoisotopic (exact) mass is 246 g/mol. The van der Waals surface area contributed by atoms with E-state index in [1.54, 1.807) is 29.5 Å². The molecule has 1 heterocycles. The van der Waals surface area contributed by atoms with Gasteiger partial charge in [0, 0.05) is 37.2 Å². The highest BCUT2D eigenvalue weighted by molar-refractivity contribution is 7.09. The topological polar surface area (TPSA) is 33.2 Å². The number of anilines is 1. The van der Waals surface area contributed by atoms with E-state index in [-0.39, 0.29) is 5.91 Å². The SMILES string of the molecule is CN(C(=O)CCc1nccs1)c1ccccc1. The Labute approximate surface area is 105 Å². The summed E-state index contributed by atoms with van der Waals surface area (Å²) in [6, 6.07) is 9.67. The Kier molecular flexibility index (Phi) is 3.88. The number of para-hydroxylation sites is 1. The van der Waals surface area contributed by atoms with Crippen LogP contribution >= 0.6 is 11.3 Å². The minimum atomic E-state index is 0.117. The predicted octanol–water partition coefficient (Wildman–Crippen LogP) is 2.74. The van der Waals surface area contributed by atoms with Crippen LogP contribution in [0.3, 0.4) is 0 Å². The minimum absolute atomic E-state index is 0.117. The second-order valence-corrected chi connectivity index (χ2v) is 4.69. The number of hydrogen-bond acceptors (Lipinski definition) is 3. The van der Waals surface area contributed by atoms with Gasteiger partial charge in [-0.2, -0.15) is 0 Å². The van der Waals surface area contributed by atoms with Crippen molar-refractivity contribution in [3.8, 4) is 0 Å². The number of nitrogens with zero attached hydrogens (tertiary/aromatic N) is 2. The largest absolute Gasteiger partial charge is 0.315 e. The van der Waals surface area contributed by atoms with E-state index in [1.165, 1.54) is 0 Å². The first-order valence-corrected chi connectivity index (χ1v) is 6.35. The first-order chi connectivity index (χ1) is 8.27. The fraction of sp³-hybridized carbons (Fsp3) is 0.231. The maximum absolute atomic E-state index is 11.9. The van der Waals surface area contributed by atoms with Gasteiger partial charge in [0.25, 0.3) is 0 Å². The number of aryl methyl sites for hydroxylation is 1. The Morgan fingerprint density at radius 1 is 1.35 bits per heavy atom. The van der Waals surface area contributed by atoms with Crippen molar-refractivity contribution >= 4 is 22.9 Å². The van der Waals surface area contributed by atoms with Gasteiger partial charge in [-0.1, -0.05) is 18.2 Å². The van der Waals surface area contributed by atoms with Gasteiger partial charge in [-0.05, 0) is 12.1 Å². The van der Waals surface area contributed by atoms with Crippen molar-refractivity contribution in [3.63, 3.8) is 0 Å². The van der Waals surface area contributed by atoms with E-state index < -0.39 is 0 Å². The van der Waals surface area contributed by atoms with Crippen LogP contribution in [0, 0.1) is 0 Å². The summed E-state index contributed by atoms with van der Waals surface area (Å²) in [7, 11) is 1.81. The quantitative estimate of drug-likeness (QED) is 0.831. The van der Waals surface area contributed by atoms with Crippen LogP contribution in [0.15, 0.2) is 41.9 Å². The molecule has 17 heavy (non-hydrogen) atoms. The minimum Gasteiger partial charge on any atom is -0.315 e. The standard InChI is InChI=1S/C13H14N2OS/c1-15(11-5-3-2-4-6-11)13(16)8-7-12-14-9-10-17-12/h2-6,9-10H,7-8H2,1H3. The molecule has 0 aliphatic rings. The number of thiazole rings is 1. The summed E-state index contributed by atoms with van der Waals surface area (Å²) in [5.74, 6) is 0.117. The van der Waals surface area contributed by atoms with Crippen molar-refractivity contribution < 1.29 is 4.79 Å². The zero-order chi connectivity index (χ0) is 12.1. The second kappa shape index (κ2) is 5.59. The van der Waals surface area contributed by atoms with Crippen LogP contribution in [0.2, 0.25) is 0 Å². The first kappa shape index (κ1) is 11.8. The number of benzene rings is 1. The van der Waals surface area contributed by atoms with E-state index in [9.17, 15) is 4.79 Å². The summed E-state index contributed by atoms with van der Waals surface area (Å²) in [6.07, 6.45) is 2.98. The molecule has 1 amide bonds. The predicted molar refractivity (Wildman–Crippen MR) is 70.3 cm³/mol. The Hall–Kier alpha value is -1.68. The van der Waals surface area contributed by atoms with Gasteiger partial charge < -0.3 is 4.90 Å². The lowest BCUT2D eigenvalue weighted by Crippen LogP contribution is -2.26. The number of rotatable bonds is 4. The molecule has 0 N–H and O–H groups in total. The van der Waals surface area contributed by atoms with Crippen LogP contribution in [0.25, 0.3) is 0 Å². The number of carbonyl (C=O) groups is 1. The van der Waals surface area contributed by atoms with Gasteiger partial charge in [-0.15, -0.1) is 11.3 Å². The summed E-state index contributed by atoms with van der Waals surface area (Å²) < 4.78 is 0. The molecule has 4 heteroatoms. The zero-order valence-corrected chi connectivity index (χ0v) is 10.5. The summed E-state index contributed by atoms with van der Waals surface area (Å²) in [5.41, 5.74) is 0.927. The van der Waals surface area contributed by atoms with E-state index >= 15 is 0 Å². The first-order valence-electron chi connectivity index (χ1n) is 5.47. The van der Waals surface area contributed by atoms with E-state index in [0.29, 0.717) is 12.8 Å². The van der Waals surface area contributed by atoms with Crippen molar-refractivity contribution in [2.24, 2.45) is 0 Å². The van der Waals surface area contributed by atoms with Crippen LogP contribution in [-0.2, 0) is 11.2 Å². The van der Waals surface area contributed by atoms with Crippen molar-refractivity contribution in [1.29, 1.82) is 0 Å². The third-order valence-corrected chi connectivity index (χ3v) is 3.39. The molecule has 2 rings (SSSR count). The van der Waals surface area contributed by atoms with Gasteiger partial charge >= 0.3 is 0 Å². The Bertz CT molecular complexity index is 467. The lowest BCUT2D eigenvalue weighted by Gasteiger charge is -2.16. The van der Waals surface area contributed by atoms with Crippen LogP contribution in [0.1, 0.15) is 11.4 Å². The molecule has 0 bridgehead atoms. The van der Waals surface area contributed by atoms with Gasteiger partial charge in [0.15, 0.2) is 0 Å². The number of aromatic nitrogens is 1. The molecule has 3 nitrogen and oxygen atoms in total. The molecule has 0 fully saturated rings. The third kappa shape index (κ3) is 3.14. The lowest BCUT2D eigenvalue weighted by molar-refractivity contribution is -0.118. The molecule has 1 aromatic carbocycles. The Morgan fingerprint density at radius 2 is 2.12 bits per heavy atom. The molecule has 88 valence electrons. The van der Waals surface area contributed by atoms with Crippen LogP contribution in [-0.4, -0.2) is 17.9 Å². The van der Waals surface area contributed by atoms with Crippen LogP contribution in [0.5, 0.6) is 0 Å². The molecule has 0 unspecified atom stereocenters. The average molecular weight is 246 g/mol. The molecule has 0 saturated heterocycles. The van der Waals surface area contributed by atoms with E-state index in [4.69, 9.17) is 0 Å². The zero-order valence-electron chi connectivity index (χ0n) is 9.67. The molecule has 1 aromatic heterocycles. The van der Waals surface area contributed by atoms with Gasteiger partial charge in [-0.25, -0.2) is 4.98 Å². The van der Waals surface area contributed by atoms with Crippen molar-refractivity contribution in [2.75, 3.05) is 11.9 Å². The highest BCUT2D eigenvalue weighted by Crippen LogP contribution is 2.14. The summed E-state index contributed by atoms with van der Waals surface area (Å²) in [6.45, 7) is 0. The molecule has 0 spiro atoms. The average Bonchev–Trinajstić information content (AvgIpc) is 2.89. The third-order valence-electron chi connectivity index (χ3n) is 2.55. The normalized spacial score (nSPS) is 10.2. The number of amides is 1. The maximum atomic E-state index is 11.9. The fourth-order valence-corrected chi connectivity index (χ4v) is 2.17. The molecule has 2 aromatic rings. The Balaban J connectivity index is 1.92. The van der Waals surface area contributed by atoms with Gasteiger partial charge in [-0.3, -0.25) is 4.79 Å². The fourth-order valence-electron chi connectivity index (χ4n) is 1.55. The molecule has 0 aliphatic heterocycles.